The fraction of sp³-hybridized carbons (Fsp3) is 0.235. The van der Waals surface area contributed by atoms with Gasteiger partial charge in [-0.2, -0.15) is 0 Å². The zero-order valence-corrected chi connectivity index (χ0v) is 14.9. The van der Waals surface area contributed by atoms with Gasteiger partial charge in [0.1, 0.15) is 11.0 Å². The Balaban J connectivity index is 1.54. The number of thioether (sulfide) groups is 1. The number of rotatable bonds is 5. The van der Waals surface area contributed by atoms with Crippen molar-refractivity contribution in [1.29, 1.82) is 0 Å². The molecular formula is C17H15BrO4S. The molecule has 0 amide bonds. The molecular weight excluding hydrogens is 380 g/mol. The van der Waals surface area contributed by atoms with Crippen LogP contribution in [0.2, 0.25) is 0 Å². The minimum atomic E-state index is -0.272. The van der Waals surface area contributed by atoms with Crippen LogP contribution in [0.25, 0.3) is 0 Å². The van der Waals surface area contributed by atoms with Gasteiger partial charge >= 0.3 is 5.97 Å². The smallest absolute Gasteiger partial charge is 0.324 e. The summed E-state index contributed by atoms with van der Waals surface area (Å²) >= 11 is 4.95. The molecule has 0 unspecified atom stereocenters. The van der Waals surface area contributed by atoms with E-state index in [1.54, 1.807) is 30.0 Å². The Morgan fingerprint density at radius 3 is 2.74 bits per heavy atom. The highest BCUT2D eigenvalue weighted by molar-refractivity contribution is 9.10. The molecule has 0 N–H and O–H groups in total. The normalized spacial score (nSPS) is 13.7. The maximum absolute atomic E-state index is 12.2. The SMILES string of the molecule is C[C@@H](SCc1ccc(Br)cc1)C(=O)Oc1ccc2c(c1)OCO2. The highest BCUT2D eigenvalue weighted by atomic mass is 79.9. The van der Waals surface area contributed by atoms with Gasteiger partial charge < -0.3 is 14.2 Å². The summed E-state index contributed by atoms with van der Waals surface area (Å²) in [6.07, 6.45) is 0. The van der Waals surface area contributed by atoms with Crippen molar-refractivity contribution in [2.45, 2.75) is 17.9 Å². The van der Waals surface area contributed by atoms with E-state index in [0.717, 1.165) is 10.2 Å². The van der Waals surface area contributed by atoms with Crippen LogP contribution in [0.15, 0.2) is 46.9 Å². The number of benzene rings is 2. The fourth-order valence-corrected chi connectivity index (χ4v) is 3.09. The number of esters is 1. The average molecular weight is 395 g/mol. The number of hydrogen-bond acceptors (Lipinski definition) is 5. The standard InChI is InChI=1S/C17H15BrO4S/c1-11(23-9-12-2-4-13(18)5-3-12)17(19)22-14-6-7-15-16(8-14)21-10-20-15/h2-8,11H,9-10H2,1H3/t11-/m1/s1. The van der Waals surface area contributed by atoms with E-state index in [9.17, 15) is 4.79 Å². The molecule has 6 heteroatoms. The zero-order chi connectivity index (χ0) is 16.2. The molecule has 3 rings (SSSR count). The van der Waals surface area contributed by atoms with Crippen LogP contribution >= 0.6 is 27.7 Å². The molecule has 0 saturated heterocycles. The predicted octanol–water partition coefficient (Wildman–Crippen LogP) is 4.41. The number of halogens is 1. The Kier molecular flexibility index (Phi) is 5.13. The third-order valence-electron chi connectivity index (χ3n) is 3.31. The Hall–Kier alpha value is -1.66. The van der Waals surface area contributed by atoms with E-state index in [-0.39, 0.29) is 18.0 Å². The van der Waals surface area contributed by atoms with Crippen molar-refractivity contribution in [3.63, 3.8) is 0 Å². The number of fused-ring (bicyclic) bond motifs is 1. The zero-order valence-electron chi connectivity index (χ0n) is 12.5. The van der Waals surface area contributed by atoms with Gasteiger partial charge in [0.15, 0.2) is 11.5 Å². The van der Waals surface area contributed by atoms with Crippen LogP contribution in [-0.2, 0) is 10.5 Å². The average Bonchev–Trinajstić information content (AvgIpc) is 3.01. The maximum Gasteiger partial charge on any atom is 0.324 e. The minimum Gasteiger partial charge on any atom is -0.454 e. The number of carbonyl (C=O) groups is 1. The number of hydrogen-bond donors (Lipinski definition) is 0. The van der Waals surface area contributed by atoms with Crippen molar-refractivity contribution in [2.75, 3.05) is 6.79 Å². The summed E-state index contributed by atoms with van der Waals surface area (Å²) in [6, 6.07) is 13.2. The second-order valence-electron chi connectivity index (χ2n) is 5.02. The molecule has 2 aromatic rings. The van der Waals surface area contributed by atoms with E-state index in [1.807, 2.05) is 31.2 Å². The van der Waals surface area contributed by atoms with Gasteiger partial charge in [0.05, 0.1) is 0 Å². The number of ether oxygens (including phenoxy) is 3. The maximum atomic E-state index is 12.2. The Morgan fingerprint density at radius 2 is 1.96 bits per heavy atom. The first-order chi connectivity index (χ1) is 11.1. The summed E-state index contributed by atoms with van der Waals surface area (Å²) in [5.74, 6) is 2.22. The van der Waals surface area contributed by atoms with Crippen molar-refractivity contribution >= 4 is 33.7 Å². The summed E-state index contributed by atoms with van der Waals surface area (Å²) in [4.78, 5) is 12.2. The molecule has 0 radical (unpaired) electrons. The molecule has 1 aliphatic rings. The van der Waals surface area contributed by atoms with Crippen LogP contribution in [-0.4, -0.2) is 18.0 Å². The van der Waals surface area contributed by atoms with Crippen molar-refractivity contribution in [1.82, 2.24) is 0 Å². The second-order valence-corrected chi connectivity index (χ2v) is 7.26. The van der Waals surface area contributed by atoms with Crippen LogP contribution < -0.4 is 14.2 Å². The Bertz CT molecular complexity index is 702. The van der Waals surface area contributed by atoms with E-state index < -0.39 is 0 Å². The van der Waals surface area contributed by atoms with Gasteiger partial charge in [-0.1, -0.05) is 28.1 Å². The highest BCUT2D eigenvalue weighted by Gasteiger charge is 2.19. The van der Waals surface area contributed by atoms with Gasteiger partial charge in [0.25, 0.3) is 0 Å². The van der Waals surface area contributed by atoms with Crippen LogP contribution in [0.1, 0.15) is 12.5 Å². The highest BCUT2D eigenvalue weighted by Crippen LogP contribution is 2.35. The molecule has 1 aliphatic heterocycles. The topological polar surface area (TPSA) is 44.8 Å². The lowest BCUT2D eigenvalue weighted by Gasteiger charge is -2.11. The van der Waals surface area contributed by atoms with Crippen LogP contribution in [0.4, 0.5) is 0 Å². The first-order valence-corrected chi connectivity index (χ1v) is 8.93. The third kappa shape index (κ3) is 4.20. The molecule has 23 heavy (non-hydrogen) atoms. The van der Waals surface area contributed by atoms with Crippen molar-refractivity contribution in [3.05, 3.63) is 52.5 Å². The van der Waals surface area contributed by atoms with Gasteiger partial charge in [0, 0.05) is 16.3 Å². The van der Waals surface area contributed by atoms with Crippen LogP contribution in [0, 0.1) is 0 Å². The molecule has 0 fully saturated rings. The van der Waals surface area contributed by atoms with E-state index >= 15 is 0 Å². The quantitative estimate of drug-likeness (QED) is 0.555. The van der Waals surface area contributed by atoms with E-state index in [4.69, 9.17) is 14.2 Å². The summed E-state index contributed by atoms with van der Waals surface area (Å²) in [6.45, 7) is 2.05. The Morgan fingerprint density at radius 1 is 1.22 bits per heavy atom. The first kappa shape index (κ1) is 16.2. The summed E-state index contributed by atoms with van der Waals surface area (Å²) < 4.78 is 17.0. The fourth-order valence-electron chi connectivity index (χ4n) is 2.01. The third-order valence-corrected chi connectivity index (χ3v) is 5.03. The van der Waals surface area contributed by atoms with Gasteiger partial charge in [-0.25, -0.2) is 0 Å². The monoisotopic (exact) mass is 394 g/mol. The molecule has 1 heterocycles. The lowest BCUT2D eigenvalue weighted by Crippen LogP contribution is -2.20. The minimum absolute atomic E-state index is 0.201. The second kappa shape index (κ2) is 7.27. The Labute approximate surface area is 147 Å². The summed E-state index contributed by atoms with van der Waals surface area (Å²) in [7, 11) is 0. The van der Waals surface area contributed by atoms with Gasteiger partial charge in [-0.3, -0.25) is 4.79 Å². The summed E-state index contributed by atoms with van der Waals surface area (Å²) in [5.41, 5.74) is 1.17. The van der Waals surface area contributed by atoms with Gasteiger partial charge in [-0.05, 0) is 36.8 Å². The molecule has 2 aromatic carbocycles. The van der Waals surface area contributed by atoms with Crippen molar-refractivity contribution in [3.8, 4) is 17.2 Å². The predicted molar refractivity (Wildman–Crippen MR) is 93.1 cm³/mol. The van der Waals surface area contributed by atoms with E-state index in [0.29, 0.717) is 17.2 Å². The van der Waals surface area contributed by atoms with Crippen molar-refractivity contribution in [2.24, 2.45) is 0 Å². The molecule has 0 spiro atoms. The lowest BCUT2D eigenvalue weighted by molar-refractivity contribution is -0.133. The van der Waals surface area contributed by atoms with Crippen LogP contribution in [0.5, 0.6) is 17.2 Å². The van der Waals surface area contributed by atoms with Crippen molar-refractivity contribution < 1.29 is 19.0 Å². The molecule has 120 valence electrons. The summed E-state index contributed by atoms with van der Waals surface area (Å²) in [5, 5.41) is -0.260. The molecule has 0 aromatic heterocycles. The van der Waals surface area contributed by atoms with Gasteiger partial charge in [-0.15, -0.1) is 11.8 Å². The molecule has 0 saturated carbocycles. The largest absolute Gasteiger partial charge is 0.454 e. The lowest BCUT2D eigenvalue weighted by atomic mass is 10.2. The van der Waals surface area contributed by atoms with E-state index in [1.165, 1.54) is 5.56 Å². The molecule has 4 nitrogen and oxygen atoms in total. The first-order valence-electron chi connectivity index (χ1n) is 7.09. The molecule has 1 atom stereocenters. The number of carbonyl (C=O) groups excluding carboxylic acids is 1. The molecule has 0 bridgehead atoms. The molecule has 0 aliphatic carbocycles. The van der Waals surface area contributed by atoms with Crippen LogP contribution in [0.3, 0.4) is 0 Å². The van der Waals surface area contributed by atoms with E-state index in [2.05, 4.69) is 15.9 Å². The van der Waals surface area contributed by atoms with Gasteiger partial charge in [0.2, 0.25) is 6.79 Å².